The minimum atomic E-state index is -3.78. The van der Waals surface area contributed by atoms with Gasteiger partial charge in [-0.15, -0.1) is 0 Å². The van der Waals surface area contributed by atoms with Crippen LogP contribution >= 0.6 is 12.2 Å². The molecule has 0 radical (unpaired) electrons. The van der Waals surface area contributed by atoms with Crippen molar-refractivity contribution in [2.75, 3.05) is 28.6 Å². The Bertz CT molecular complexity index is 1190. The third-order valence-corrected chi connectivity index (χ3v) is 6.92. The minimum Gasteiger partial charge on any atom is -0.495 e. The number of anilines is 3. The maximum Gasteiger partial charge on any atom is 0.264 e. The van der Waals surface area contributed by atoms with E-state index in [9.17, 15) is 8.42 Å². The quantitative estimate of drug-likeness (QED) is 0.456. The number of thiocarbonyl (C=S) groups is 1. The fraction of sp³-hybridized carbons (Fsp3) is 0.208. The van der Waals surface area contributed by atoms with Crippen LogP contribution in [0.3, 0.4) is 0 Å². The third-order valence-electron chi connectivity index (χ3n) is 4.82. The molecule has 0 aliphatic heterocycles. The van der Waals surface area contributed by atoms with E-state index in [1.807, 2.05) is 44.2 Å². The topological polar surface area (TPSA) is 70.7 Å². The molecule has 0 bridgehead atoms. The first-order valence-electron chi connectivity index (χ1n) is 10.2. The smallest absolute Gasteiger partial charge is 0.264 e. The lowest BCUT2D eigenvalue weighted by Crippen LogP contribution is -2.30. The molecule has 8 heteroatoms. The highest BCUT2D eigenvalue weighted by Gasteiger charge is 2.25. The van der Waals surface area contributed by atoms with Crippen LogP contribution in [0.1, 0.15) is 18.1 Å². The lowest BCUT2D eigenvalue weighted by atomic mass is 10.1. The number of benzene rings is 3. The number of rotatable bonds is 7. The molecule has 0 saturated carbocycles. The van der Waals surface area contributed by atoms with Gasteiger partial charge in [-0.25, -0.2) is 8.42 Å². The minimum absolute atomic E-state index is 0.140. The van der Waals surface area contributed by atoms with Gasteiger partial charge in [-0.2, -0.15) is 0 Å². The predicted molar refractivity (Wildman–Crippen MR) is 135 cm³/mol. The Hall–Kier alpha value is -3.10. The van der Waals surface area contributed by atoms with E-state index in [1.165, 1.54) is 23.5 Å². The van der Waals surface area contributed by atoms with Crippen molar-refractivity contribution >= 4 is 44.4 Å². The molecule has 0 aromatic heterocycles. The van der Waals surface area contributed by atoms with Gasteiger partial charge in [0.1, 0.15) is 5.75 Å². The highest BCUT2D eigenvalue weighted by atomic mass is 32.2. The molecule has 0 unspecified atom stereocenters. The normalized spacial score (nSPS) is 11.0. The molecule has 2 N–H and O–H groups in total. The highest BCUT2D eigenvalue weighted by molar-refractivity contribution is 7.92. The van der Waals surface area contributed by atoms with E-state index in [0.29, 0.717) is 28.8 Å². The molecular weight excluding hydrogens is 442 g/mol. The van der Waals surface area contributed by atoms with E-state index in [1.54, 1.807) is 25.1 Å². The van der Waals surface area contributed by atoms with Gasteiger partial charge in [0.15, 0.2) is 5.11 Å². The number of hydrogen-bond donors (Lipinski definition) is 2. The van der Waals surface area contributed by atoms with Gasteiger partial charge >= 0.3 is 0 Å². The Labute approximate surface area is 195 Å². The molecule has 0 aliphatic carbocycles. The van der Waals surface area contributed by atoms with Crippen LogP contribution in [0.5, 0.6) is 5.75 Å². The Morgan fingerprint density at radius 2 is 1.62 bits per heavy atom. The number of sulfonamides is 1. The summed E-state index contributed by atoms with van der Waals surface area (Å²) in [5, 5.41) is 6.55. The standard InChI is InChI=1S/C24H27N3O3S2/c1-5-27(20-9-7-6-8-10-20)32(28,29)21-11-12-23(30-4)22(16-21)26-24(31)25-19-14-17(2)13-18(3)15-19/h6-16H,5H2,1-4H3,(H2,25,26,31). The van der Waals surface area contributed by atoms with Crippen molar-refractivity contribution < 1.29 is 13.2 Å². The molecule has 3 rings (SSSR count). The lowest BCUT2D eigenvalue weighted by Gasteiger charge is -2.23. The summed E-state index contributed by atoms with van der Waals surface area (Å²) >= 11 is 5.46. The van der Waals surface area contributed by atoms with Gasteiger partial charge in [0.2, 0.25) is 0 Å². The van der Waals surface area contributed by atoms with Crippen LogP contribution in [-0.4, -0.2) is 27.2 Å². The second-order valence-corrected chi connectivity index (χ2v) is 9.59. The van der Waals surface area contributed by atoms with E-state index in [2.05, 4.69) is 16.7 Å². The van der Waals surface area contributed by atoms with Crippen LogP contribution in [0.2, 0.25) is 0 Å². The fourth-order valence-corrected chi connectivity index (χ4v) is 5.22. The van der Waals surface area contributed by atoms with E-state index >= 15 is 0 Å². The van der Waals surface area contributed by atoms with Crippen molar-refractivity contribution in [1.82, 2.24) is 0 Å². The summed E-state index contributed by atoms with van der Waals surface area (Å²) in [5.41, 5.74) is 4.14. The Kier molecular flexibility index (Phi) is 7.37. The molecule has 0 atom stereocenters. The van der Waals surface area contributed by atoms with Crippen molar-refractivity contribution in [2.45, 2.75) is 25.7 Å². The predicted octanol–water partition coefficient (Wildman–Crippen LogP) is 5.34. The van der Waals surface area contributed by atoms with Gasteiger partial charge in [-0.1, -0.05) is 24.3 Å². The maximum atomic E-state index is 13.4. The number of para-hydroxylation sites is 1. The summed E-state index contributed by atoms with van der Waals surface area (Å²) in [5.74, 6) is 0.483. The lowest BCUT2D eigenvalue weighted by molar-refractivity contribution is 0.416. The maximum absolute atomic E-state index is 13.4. The number of hydrogen-bond acceptors (Lipinski definition) is 4. The molecule has 0 amide bonds. The molecule has 0 fully saturated rings. The zero-order valence-corrected chi connectivity index (χ0v) is 20.2. The van der Waals surface area contributed by atoms with E-state index in [-0.39, 0.29) is 4.90 Å². The number of ether oxygens (including phenoxy) is 1. The van der Waals surface area contributed by atoms with Crippen molar-refractivity contribution in [3.05, 3.63) is 77.9 Å². The van der Waals surface area contributed by atoms with Gasteiger partial charge in [0.25, 0.3) is 10.0 Å². The Morgan fingerprint density at radius 3 is 2.22 bits per heavy atom. The van der Waals surface area contributed by atoms with Crippen LogP contribution < -0.4 is 19.7 Å². The van der Waals surface area contributed by atoms with Gasteiger partial charge in [-0.3, -0.25) is 4.31 Å². The van der Waals surface area contributed by atoms with Crippen molar-refractivity contribution in [3.63, 3.8) is 0 Å². The second-order valence-electron chi connectivity index (χ2n) is 7.32. The molecule has 0 heterocycles. The number of methoxy groups -OCH3 is 1. The first kappa shape index (κ1) is 23.6. The highest BCUT2D eigenvalue weighted by Crippen LogP contribution is 2.31. The fourth-order valence-electron chi connectivity index (χ4n) is 3.49. The van der Waals surface area contributed by atoms with Crippen molar-refractivity contribution in [2.24, 2.45) is 0 Å². The molecule has 0 spiro atoms. The van der Waals surface area contributed by atoms with E-state index in [4.69, 9.17) is 17.0 Å². The molecule has 0 aliphatic rings. The first-order valence-corrected chi connectivity index (χ1v) is 12.0. The summed E-state index contributed by atoms with van der Waals surface area (Å²) in [6, 6.07) is 19.7. The van der Waals surface area contributed by atoms with Crippen molar-refractivity contribution in [1.29, 1.82) is 0 Å². The summed E-state index contributed by atoms with van der Waals surface area (Å²) in [7, 11) is -2.26. The molecule has 3 aromatic rings. The molecule has 3 aromatic carbocycles. The van der Waals surface area contributed by atoms with Crippen LogP contribution in [-0.2, 0) is 10.0 Å². The first-order chi connectivity index (χ1) is 15.2. The largest absolute Gasteiger partial charge is 0.495 e. The van der Waals surface area contributed by atoms with E-state index in [0.717, 1.165) is 16.8 Å². The summed E-state index contributed by atoms with van der Waals surface area (Å²) < 4.78 is 33.5. The van der Waals surface area contributed by atoms with Gasteiger partial charge in [-0.05, 0) is 86.6 Å². The average Bonchev–Trinajstić information content (AvgIpc) is 2.74. The second kappa shape index (κ2) is 10.0. The van der Waals surface area contributed by atoms with Gasteiger partial charge in [0, 0.05) is 12.2 Å². The summed E-state index contributed by atoms with van der Waals surface area (Å²) in [4.78, 5) is 0.140. The van der Waals surface area contributed by atoms with Crippen LogP contribution in [0.4, 0.5) is 17.1 Å². The zero-order valence-electron chi connectivity index (χ0n) is 18.5. The molecule has 32 heavy (non-hydrogen) atoms. The monoisotopic (exact) mass is 469 g/mol. The van der Waals surface area contributed by atoms with Crippen LogP contribution in [0.15, 0.2) is 71.6 Å². The SMILES string of the molecule is CCN(c1ccccc1)S(=O)(=O)c1ccc(OC)c(NC(=S)Nc2cc(C)cc(C)c2)c1. The number of nitrogens with zero attached hydrogens (tertiary/aromatic N) is 1. The zero-order chi connectivity index (χ0) is 23.3. The average molecular weight is 470 g/mol. The molecule has 6 nitrogen and oxygen atoms in total. The molecular formula is C24H27N3O3S2. The van der Waals surface area contributed by atoms with Crippen LogP contribution in [0, 0.1) is 13.8 Å². The van der Waals surface area contributed by atoms with E-state index < -0.39 is 10.0 Å². The number of aryl methyl sites for hydroxylation is 2. The van der Waals surface area contributed by atoms with Gasteiger partial charge in [0.05, 0.1) is 23.4 Å². The Morgan fingerprint density at radius 1 is 0.969 bits per heavy atom. The number of nitrogens with one attached hydrogen (secondary N) is 2. The molecule has 168 valence electrons. The van der Waals surface area contributed by atoms with Crippen molar-refractivity contribution in [3.8, 4) is 5.75 Å². The van der Waals surface area contributed by atoms with Gasteiger partial charge < -0.3 is 15.4 Å². The third kappa shape index (κ3) is 5.38. The Balaban J connectivity index is 1.90. The van der Waals surface area contributed by atoms with Crippen LogP contribution in [0.25, 0.3) is 0 Å². The summed E-state index contributed by atoms with van der Waals surface area (Å²) in [6.07, 6.45) is 0. The molecule has 0 saturated heterocycles. The summed E-state index contributed by atoms with van der Waals surface area (Å²) in [6.45, 7) is 6.13.